The van der Waals surface area contributed by atoms with Gasteiger partial charge < -0.3 is 15.4 Å². The number of nitrogens with one attached hydrogen (secondary N) is 2. The van der Waals surface area contributed by atoms with E-state index in [1.54, 1.807) is 48.5 Å². The SMILES string of the molecule is CCCCOC(=O)c1ccccc1N/C=C(/C#N)C(=O)Nc1ccc(C(C)=O)cc1. The van der Waals surface area contributed by atoms with Crippen LogP contribution in [0.15, 0.2) is 60.3 Å². The van der Waals surface area contributed by atoms with E-state index in [9.17, 15) is 19.6 Å². The predicted molar refractivity (Wildman–Crippen MR) is 114 cm³/mol. The molecule has 0 aromatic heterocycles. The molecule has 7 heteroatoms. The summed E-state index contributed by atoms with van der Waals surface area (Å²) in [7, 11) is 0. The van der Waals surface area contributed by atoms with Crippen molar-refractivity contribution in [2.24, 2.45) is 0 Å². The number of benzene rings is 2. The summed E-state index contributed by atoms with van der Waals surface area (Å²) in [4.78, 5) is 36.0. The number of amides is 1. The van der Waals surface area contributed by atoms with Gasteiger partial charge in [-0.05, 0) is 49.7 Å². The van der Waals surface area contributed by atoms with Crippen molar-refractivity contribution < 1.29 is 19.1 Å². The third-order valence-electron chi connectivity index (χ3n) is 4.16. The summed E-state index contributed by atoms with van der Waals surface area (Å²) in [5.41, 5.74) is 1.52. The minimum atomic E-state index is -0.622. The molecule has 2 N–H and O–H groups in total. The van der Waals surface area contributed by atoms with Crippen LogP contribution in [-0.2, 0) is 9.53 Å². The Labute approximate surface area is 175 Å². The van der Waals surface area contributed by atoms with Crippen molar-refractivity contribution in [1.82, 2.24) is 0 Å². The third-order valence-corrected chi connectivity index (χ3v) is 4.16. The van der Waals surface area contributed by atoms with Crippen molar-refractivity contribution in [3.63, 3.8) is 0 Å². The molecule has 0 fully saturated rings. The van der Waals surface area contributed by atoms with Gasteiger partial charge in [-0.1, -0.05) is 25.5 Å². The Morgan fingerprint density at radius 2 is 1.80 bits per heavy atom. The summed E-state index contributed by atoms with van der Waals surface area (Å²) in [5.74, 6) is -1.18. The van der Waals surface area contributed by atoms with Gasteiger partial charge >= 0.3 is 5.97 Å². The fraction of sp³-hybridized carbons (Fsp3) is 0.217. The lowest BCUT2D eigenvalue weighted by Crippen LogP contribution is -2.15. The number of esters is 1. The summed E-state index contributed by atoms with van der Waals surface area (Å²) in [6.07, 6.45) is 2.92. The molecular formula is C23H23N3O4. The largest absolute Gasteiger partial charge is 0.462 e. The van der Waals surface area contributed by atoms with Gasteiger partial charge in [0.1, 0.15) is 11.6 Å². The van der Waals surface area contributed by atoms with Gasteiger partial charge in [0.15, 0.2) is 5.78 Å². The van der Waals surface area contributed by atoms with E-state index in [2.05, 4.69) is 10.6 Å². The molecule has 0 heterocycles. The molecule has 0 aliphatic heterocycles. The van der Waals surface area contributed by atoms with E-state index in [0.29, 0.717) is 29.1 Å². The number of carbonyl (C=O) groups is 3. The van der Waals surface area contributed by atoms with Gasteiger partial charge in [0.2, 0.25) is 0 Å². The van der Waals surface area contributed by atoms with E-state index >= 15 is 0 Å². The lowest BCUT2D eigenvalue weighted by molar-refractivity contribution is -0.112. The normalized spacial score (nSPS) is 10.6. The number of ketones is 1. The number of hydrogen-bond acceptors (Lipinski definition) is 6. The second-order valence-corrected chi connectivity index (χ2v) is 6.44. The van der Waals surface area contributed by atoms with Crippen LogP contribution >= 0.6 is 0 Å². The van der Waals surface area contributed by atoms with Crippen LogP contribution in [0.4, 0.5) is 11.4 Å². The van der Waals surface area contributed by atoms with Crippen LogP contribution in [0.5, 0.6) is 0 Å². The Hall–Kier alpha value is -3.92. The van der Waals surface area contributed by atoms with E-state index < -0.39 is 11.9 Å². The Bertz CT molecular complexity index is 988. The number of carbonyl (C=O) groups excluding carboxylic acids is 3. The van der Waals surface area contributed by atoms with Crippen LogP contribution in [0.2, 0.25) is 0 Å². The van der Waals surface area contributed by atoms with E-state index in [0.717, 1.165) is 12.8 Å². The van der Waals surface area contributed by atoms with Gasteiger partial charge in [0.25, 0.3) is 5.91 Å². The molecule has 0 aliphatic carbocycles. The Balaban J connectivity index is 2.10. The van der Waals surface area contributed by atoms with Crippen molar-refractivity contribution in [3.8, 4) is 6.07 Å². The molecule has 0 saturated heterocycles. The van der Waals surface area contributed by atoms with Crippen LogP contribution in [0.1, 0.15) is 47.4 Å². The number of rotatable bonds is 9. The van der Waals surface area contributed by atoms with Crippen LogP contribution < -0.4 is 10.6 Å². The van der Waals surface area contributed by atoms with Crippen LogP contribution in [0, 0.1) is 11.3 Å². The summed E-state index contributed by atoms with van der Waals surface area (Å²) < 4.78 is 5.23. The highest BCUT2D eigenvalue weighted by Gasteiger charge is 2.13. The van der Waals surface area contributed by atoms with Gasteiger partial charge in [-0.2, -0.15) is 5.26 Å². The molecule has 2 rings (SSSR count). The molecule has 0 aliphatic rings. The molecule has 2 aromatic rings. The molecule has 30 heavy (non-hydrogen) atoms. The quantitative estimate of drug-likeness (QED) is 0.212. The molecule has 0 spiro atoms. The smallest absolute Gasteiger partial charge is 0.340 e. The first-order valence-electron chi connectivity index (χ1n) is 9.51. The zero-order chi connectivity index (χ0) is 21.9. The van der Waals surface area contributed by atoms with Crippen molar-refractivity contribution in [3.05, 3.63) is 71.4 Å². The average molecular weight is 405 g/mol. The standard InChI is InChI=1S/C23H23N3O4/c1-3-4-13-30-23(29)20-7-5-6-8-21(20)25-15-18(14-24)22(28)26-19-11-9-17(10-12-19)16(2)27/h5-12,15,25H,3-4,13H2,1-2H3,(H,26,28)/b18-15-. The van der Waals surface area contributed by atoms with Crippen LogP contribution in [0.25, 0.3) is 0 Å². The first-order valence-corrected chi connectivity index (χ1v) is 9.51. The monoisotopic (exact) mass is 405 g/mol. The highest BCUT2D eigenvalue weighted by molar-refractivity contribution is 6.07. The van der Waals surface area contributed by atoms with Gasteiger partial charge in [-0.3, -0.25) is 9.59 Å². The predicted octanol–water partition coefficient (Wildman–Crippen LogP) is 4.30. The number of unbranched alkanes of at least 4 members (excludes halogenated alkanes) is 1. The molecule has 154 valence electrons. The Morgan fingerprint density at radius 3 is 2.43 bits per heavy atom. The molecule has 7 nitrogen and oxygen atoms in total. The maximum atomic E-state index is 12.4. The Kier molecular flexibility index (Phi) is 8.33. The highest BCUT2D eigenvalue weighted by Crippen LogP contribution is 2.17. The molecular weight excluding hydrogens is 382 g/mol. The second-order valence-electron chi connectivity index (χ2n) is 6.44. The van der Waals surface area contributed by atoms with Crippen LogP contribution in [-0.4, -0.2) is 24.3 Å². The number of anilines is 2. The fourth-order valence-corrected chi connectivity index (χ4v) is 2.46. The third kappa shape index (κ3) is 6.31. The molecule has 0 bridgehead atoms. The molecule has 1 amide bonds. The summed E-state index contributed by atoms with van der Waals surface area (Å²) in [5, 5.41) is 14.8. The summed E-state index contributed by atoms with van der Waals surface area (Å²) in [6.45, 7) is 3.78. The van der Waals surface area contributed by atoms with Crippen molar-refractivity contribution in [2.75, 3.05) is 17.2 Å². The number of ether oxygens (including phenoxy) is 1. The van der Waals surface area contributed by atoms with E-state index in [4.69, 9.17) is 4.74 Å². The van der Waals surface area contributed by atoms with Crippen LogP contribution in [0.3, 0.4) is 0 Å². The molecule has 0 radical (unpaired) electrons. The first-order chi connectivity index (χ1) is 14.5. The number of nitrogens with zero attached hydrogens (tertiary/aromatic N) is 1. The summed E-state index contributed by atoms with van der Waals surface area (Å²) >= 11 is 0. The maximum Gasteiger partial charge on any atom is 0.340 e. The Morgan fingerprint density at radius 1 is 1.10 bits per heavy atom. The molecule has 0 atom stereocenters. The first kappa shape index (κ1) is 22.4. The fourth-order valence-electron chi connectivity index (χ4n) is 2.46. The van der Waals surface area contributed by atoms with Gasteiger partial charge in [0.05, 0.1) is 17.9 Å². The molecule has 2 aromatic carbocycles. The van der Waals surface area contributed by atoms with E-state index in [1.165, 1.54) is 13.1 Å². The topological polar surface area (TPSA) is 108 Å². The lowest BCUT2D eigenvalue weighted by atomic mass is 10.1. The van der Waals surface area contributed by atoms with Crippen molar-refractivity contribution in [1.29, 1.82) is 5.26 Å². The van der Waals surface area contributed by atoms with Crippen molar-refractivity contribution >= 4 is 29.0 Å². The molecule has 0 saturated carbocycles. The zero-order valence-electron chi connectivity index (χ0n) is 16.9. The average Bonchev–Trinajstić information content (AvgIpc) is 2.75. The zero-order valence-corrected chi connectivity index (χ0v) is 16.9. The highest BCUT2D eigenvalue weighted by atomic mass is 16.5. The van der Waals surface area contributed by atoms with Crippen molar-refractivity contribution in [2.45, 2.75) is 26.7 Å². The summed E-state index contributed by atoms with van der Waals surface area (Å²) in [6, 6.07) is 14.9. The van der Waals surface area contributed by atoms with Gasteiger partial charge in [0, 0.05) is 17.5 Å². The van der Waals surface area contributed by atoms with E-state index in [-0.39, 0.29) is 11.4 Å². The van der Waals surface area contributed by atoms with Gasteiger partial charge in [-0.15, -0.1) is 0 Å². The second kappa shape index (κ2) is 11.2. The molecule has 0 unspecified atom stereocenters. The number of Topliss-reactive ketones (excluding diaryl/α,β-unsaturated/α-hetero) is 1. The number of para-hydroxylation sites is 1. The number of hydrogen-bond donors (Lipinski definition) is 2. The lowest BCUT2D eigenvalue weighted by Gasteiger charge is -2.10. The maximum absolute atomic E-state index is 12.4. The van der Waals surface area contributed by atoms with E-state index in [1.807, 2.05) is 13.0 Å². The minimum Gasteiger partial charge on any atom is -0.462 e. The van der Waals surface area contributed by atoms with Gasteiger partial charge in [-0.25, -0.2) is 4.79 Å². The number of nitriles is 1. The minimum absolute atomic E-state index is 0.0819.